The Morgan fingerprint density at radius 2 is 0.855 bits per heavy atom. The third-order valence-electron chi connectivity index (χ3n) is 14.0. The molecule has 2 heterocycles. The van der Waals surface area contributed by atoms with E-state index in [4.69, 9.17) is 26.4 Å². The lowest BCUT2D eigenvalue weighted by Gasteiger charge is -2.38. The molecule has 384 valence electrons. The first kappa shape index (κ1) is 52.9. The number of carbonyl (C=O) groups excluding carboxylic acids is 2. The first-order chi connectivity index (χ1) is 37.0. The van der Waals surface area contributed by atoms with Crippen LogP contribution in [0.2, 0.25) is 0 Å². The highest BCUT2D eigenvalue weighted by Gasteiger charge is 2.42. The van der Waals surface area contributed by atoms with Gasteiger partial charge in [-0.1, -0.05) is 221 Å². The molecule has 0 aromatic heterocycles. The number of rotatable bonds is 19. The molecule has 0 bridgehead atoms. The van der Waals surface area contributed by atoms with E-state index in [0.29, 0.717) is 56.5 Å². The number of thiocarbonyl (C=S) groups is 1. The molecule has 2 amide bonds. The van der Waals surface area contributed by atoms with Crippen LogP contribution in [-0.2, 0) is 35.0 Å². The van der Waals surface area contributed by atoms with Crippen molar-refractivity contribution in [3.05, 3.63) is 286 Å². The maximum atomic E-state index is 13.9. The number of nitrogens with zero attached hydrogens (tertiary/aromatic N) is 3. The van der Waals surface area contributed by atoms with Gasteiger partial charge in [-0.05, 0) is 101 Å². The predicted molar refractivity (Wildman–Crippen MR) is 309 cm³/mol. The second-order valence-corrected chi connectivity index (χ2v) is 20.2. The molecule has 0 N–H and O–H groups in total. The van der Waals surface area contributed by atoms with Crippen molar-refractivity contribution < 1.29 is 23.8 Å². The Morgan fingerprint density at radius 3 is 1.18 bits per heavy atom. The number of allylic oxidation sites excluding steroid dienone is 5. The lowest BCUT2D eigenvalue weighted by Crippen LogP contribution is -2.56. The van der Waals surface area contributed by atoms with E-state index in [9.17, 15) is 9.59 Å². The topological polar surface area (TPSA) is 71.5 Å². The van der Waals surface area contributed by atoms with Gasteiger partial charge < -0.3 is 19.1 Å². The summed E-state index contributed by atoms with van der Waals surface area (Å²) in [7, 11) is 0. The average molecular weight is 1020 g/mol. The minimum atomic E-state index is -0.896. The molecule has 9 rings (SSSR count). The van der Waals surface area contributed by atoms with Gasteiger partial charge in [-0.3, -0.25) is 19.4 Å². The Balaban J connectivity index is 1.06. The van der Waals surface area contributed by atoms with Gasteiger partial charge in [0.2, 0.25) is 0 Å². The van der Waals surface area contributed by atoms with Gasteiger partial charge in [0.05, 0.1) is 13.2 Å². The third kappa shape index (κ3) is 11.0. The zero-order valence-electron chi connectivity index (χ0n) is 44.0. The van der Waals surface area contributed by atoms with Gasteiger partial charge >= 0.3 is 0 Å². The van der Waals surface area contributed by atoms with Crippen molar-refractivity contribution >= 4 is 40.9 Å². The van der Waals surface area contributed by atoms with E-state index >= 15 is 0 Å². The maximum Gasteiger partial charge on any atom is 0.266 e. The highest BCUT2D eigenvalue weighted by Crippen LogP contribution is 2.43. The molecule has 0 atom stereocenters. The highest BCUT2D eigenvalue weighted by molar-refractivity contribution is 7.80. The number of benzene rings is 7. The minimum absolute atomic E-state index is 0.0766. The van der Waals surface area contributed by atoms with Crippen LogP contribution in [0.3, 0.4) is 0 Å². The number of hydrogen-bond donors (Lipinski definition) is 0. The Morgan fingerprint density at radius 1 is 0.500 bits per heavy atom. The Hall–Kier alpha value is -7.95. The van der Waals surface area contributed by atoms with E-state index in [1.807, 2.05) is 89.2 Å². The molecule has 2 aliphatic rings. The van der Waals surface area contributed by atoms with E-state index in [1.165, 1.54) is 9.80 Å². The van der Waals surface area contributed by atoms with E-state index in [0.717, 1.165) is 44.6 Å². The van der Waals surface area contributed by atoms with Crippen molar-refractivity contribution in [2.45, 2.75) is 45.8 Å². The number of amides is 2. The average Bonchev–Trinajstić information content (AvgIpc) is 3.47. The van der Waals surface area contributed by atoms with Crippen LogP contribution in [0.1, 0.15) is 73.6 Å². The lowest BCUT2D eigenvalue weighted by atomic mass is 9.80. The Bertz CT molecular complexity index is 2870. The van der Waals surface area contributed by atoms with Crippen molar-refractivity contribution in [3.63, 3.8) is 0 Å². The summed E-state index contributed by atoms with van der Waals surface area (Å²) < 4.78 is 21.2. The summed E-state index contributed by atoms with van der Waals surface area (Å²) in [6.07, 6.45) is 7.45. The number of anilines is 1. The summed E-state index contributed by atoms with van der Waals surface area (Å²) in [5.74, 6) is 0.332. The Labute approximate surface area is 453 Å². The van der Waals surface area contributed by atoms with Crippen LogP contribution in [-0.4, -0.2) is 66.1 Å². The third-order valence-corrected chi connectivity index (χ3v) is 14.4. The quantitative estimate of drug-likeness (QED) is 0.0346. The zero-order valence-corrected chi connectivity index (χ0v) is 44.8. The fourth-order valence-electron chi connectivity index (χ4n) is 10.1. The molecule has 2 aliphatic heterocycles. The van der Waals surface area contributed by atoms with Crippen molar-refractivity contribution in [1.82, 2.24) is 9.80 Å². The van der Waals surface area contributed by atoms with Crippen molar-refractivity contribution in [2.24, 2.45) is 5.41 Å². The van der Waals surface area contributed by atoms with E-state index in [-0.39, 0.29) is 10.7 Å². The molecule has 1 fully saturated rings. The molecule has 0 radical (unpaired) electrons. The zero-order chi connectivity index (χ0) is 53.1. The molecule has 8 nitrogen and oxygen atoms in total. The fraction of sp³-hybridized carbons (Fsp3) is 0.209. The van der Waals surface area contributed by atoms with Crippen LogP contribution >= 0.6 is 12.2 Å². The van der Waals surface area contributed by atoms with Gasteiger partial charge in [-0.15, -0.1) is 0 Å². The lowest BCUT2D eigenvalue weighted by molar-refractivity contribution is -0.133. The second kappa shape index (κ2) is 23.7. The Kier molecular flexibility index (Phi) is 16.5. The van der Waals surface area contributed by atoms with Gasteiger partial charge in [0.15, 0.2) is 5.11 Å². The summed E-state index contributed by atoms with van der Waals surface area (Å²) in [6, 6.07) is 71.2. The molecule has 0 spiro atoms. The highest BCUT2D eigenvalue weighted by atomic mass is 32.1. The van der Waals surface area contributed by atoms with Crippen LogP contribution in [0.5, 0.6) is 0 Å². The van der Waals surface area contributed by atoms with Crippen LogP contribution < -0.4 is 4.90 Å². The SMILES string of the molecule is CCN1C(=O)C(=C2C=C(/C=C/c3ccc(N(CCOC(c4ccccc4)(c4ccccc4)c4ccccc4)CCOC(c4ccccc4)(c4ccccc4)c4ccccc4)cc3)OC(C(C)(C)C)=C2)C(=O)N(CC)C1=S. The molecule has 1 saturated heterocycles. The molecule has 7 aromatic rings. The molecule has 0 saturated carbocycles. The van der Waals surface area contributed by atoms with E-state index < -0.39 is 28.4 Å². The molecular formula is C67H65N3O5S. The monoisotopic (exact) mass is 1020 g/mol. The normalized spacial score (nSPS) is 14.5. The first-order valence-electron chi connectivity index (χ1n) is 26.2. The first-order valence-corrected chi connectivity index (χ1v) is 26.6. The second-order valence-electron chi connectivity index (χ2n) is 19.8. The van der Waals surface area contributed by atoms with E-state index in [1.54, 1.807) is 6.08 Å². The van der Waals surface area contributed by atoms with Gasteiger partial charge in [-0.25, -0.2) is 0 Å². The molecule has 9 heteroatoms. The van der Waals surface area contributed by atoms with Crippen LogP contribution in [0.4, 0.5) is 5.69 Å². The number of ether oxygens (including phenoxy) is 3. The molecular weight excluding hydrogens is 959 g/mol. The van der Waals surface area contributed by atoms with Crippen molar-refractivity contribution in [1.29, 1.82) is 0 Å². The van der Waals surface area contributed by atoms with Gasteiger partial charge in [0.25, 0.3) is 11.8 Å². The van der Waals surface area contributed by atoms with Crippen molar-refractivity contribution in [2.75, 3.05) is 44.3 Å². The van der Waals surface area contributed by atoms with Crippen LogP contribution in [0.15, 0.2) is 247 Å². The van der Waals surface area contributed by atoms with Crippen LogP contribution in [0.25, 0.3) is 6.08 Å². The van der Waals surface area contributed by atoms with Crippen LogP contribution in [0, 0.1) is 5.41 Å². The minimum Gasteiger partial charge on any atom is -0.461 e. The van der Waals surface area contributed by atoms with Crippen molar-refractivity contribution in [3.8, 4) is 0 Å². The molecule has 0 unspecified atom stereocenters. The van der Waals surface area contributed by atoms with E-state index in [2.05, 4.69) is 175 Å². The number of hydrogen-bond acceptors (Lipinski definition) is 7. The van der Waals surface area contributed by atoms with Gasteiger partial charge in [0.1, 0.15) is 28.3 Å². The smallest absolute Gasteiger partial charge is 0.266 e. The molecule has 7 aromatic carbocycles. The summed E-state index contributed by atoms with van der Waals surface area (Å²) in [4.78, 5) is 33.1. The summed E-state index contributed by atoms with van der Waals surface area (Å²) in [5.41, 5.74) is 6.49. The number of likely N-dealkylation sites (N-methyl/N-ethyl adjacent to an activating group) is 2. The maximum absolute atomic E-state index is 13.9. The van der Waals surface area contributed by atoms with Gasteiger partial charge in [-0.2, -0.15) is 0 Å². The van der Waals surface area contributed by atoms with Gasteiger partial charge in [0, 0.05) is 37.3 Å². The molecule has 0 aliphatic carbocycles. The standard InChI is InChI=1S/C67H65N3O5S/c1-6-69-62(71)61(63(72)70(7-2)64(69)76)51-48-59(75-60(49-51)65(3,4)5)43-40-50-38-41-58(42-39-50)68(44-46-73-66(52-26-14-8-15-27-52,53-28-16-9-17-29-53)54-30-18-10-19-31-54)45-47-74-67(55-32-20-11-21-33-55,56-34-22-12-23-35-56)57-36-24-13-25-37-57/h8-43,48-49H,6-7,44-47H2,1-5H3/b43-40+. The summed E-state index contributed by atoms with van der Waals surface area (Å²) >= 11 is 5.57. The fourth-order valence-corrected chi connectivity index (χ4v) is 10.5. The summed E-state index contributed by atoms with van der Waals surface area (Å²) in [6.45, 7) is 12.4. The number of carbonyl (C=O) groups is 2. The summed E-state index contributed by atoms with van der Waals surface area (Å²) in [5, 5.41) is 0.224. The molecule has 76 heavy (non-hydrogen) atoms. The largest absolute Gasteiger partial charge is 0.461 e. The predicted octanol–water partition coefficient (Wildman–Crippen LogP) is 13.7.